The summed E-state index contributed by atoms with van der Waals surface area (Å²) in [5, 5.41) is 9.87. The van der Waals surface area contributed by atoms with Gasteiger partial charge in [0.2, 0.25) is 0 Å². The number of aliphatic hydroxyl groups is 1. The molecule has 0 aromatic carbocycles. The zero-order valence-corrected chi connectivity index (χ0v) is 9.43. The van der Waals surface area contributed by atoms with Crippen molar-refractivity contribution in [1.82, 2.24) is 0 Å². The fraction of sp³-hybridized carbons (Fsp3) is 0.167. The van der Waals surface area contributed by atoms with Gasteiger partial charge in [0.1, 0.15) is 17.0 Å². The minimum atomic E-state index is -0.605. The summed E-state index contributed by atoms with van der Waals surface area (Å²) in [4.78, 5) is 15.5. The molecule has 0 fully saturated rings. The van der Waals surface area contributed by atoms with Crippen LogP contribution in [0.15, 0.2) is 44.8 Å². The number of nitrogens with zero attached hydrogens (tertiary/aromatic N) is 1. The van der Waals surface area contributed by atoms with Crippen LogP contribution in [-0.4, -0.2) is 23.9 Å². The topological polar surface area (TPSA) is 72.0 Å². The molecule has 0 saturated heterocycles. The van der Waals surface area contributed by atoms with Crippen LogP contribution in [0.1, 0.15) is 12.7 Å². The SMILES string of the molecule is COC(=O)C1=C(O)C(=Cc2ccco2)N=C1C. The van der Waals surface area contributed by atoms with E-state index >= 15 is 0 Å². The first-order valence-corrected chi connectivity index (χ1v) is 4.96. The Hall–Kier alpha value is -2.30. The number of aliphatic hydroxyl groups excluding tert-OH is 1. The molecule has 1 aliphatic rings. The third-order valence-electron chi connectivity index (χ3n) is 2.34. The van der Waals surface area contributed by atoms with Gasteiger partial charge in [0.25, 0.3) is 0 Å². The Morgan fingerprint density at radius 1 is 1.59 bits per heavy atom. The minimum absolute atomic E-state index is 0.0882. The molecular weight excluding hydrogens is 222 g/mol. The number of carbonyl (C=O) groups excluding carboxylic acids is 1. The van der Waals surface area contributed by atoms with Crippen molar-refractivity contribution in [3.8, 4) is 0 Å². The lowest BCUT2D eigenvalue weighted by molar-refractivity contribution is -0.135. The van der Waals surface area contributed by atoms with E-state index in [4.69, 9.17) is 4.42 Å². The summed E-state index contributed by atoms with van der Waals surface area (Å²) in [6.45, 7) is 1.63. The lowest BCUT2D eigenvalue weighted by Gasteiger charge is -1.99. The number of furan rings is 1. The van der Waals surface area contributed by atoms with Gasteiger partial charge in [0.05, 0.1) is 19.1 Å². The molecule has 0 atom stereocenters. The Balaban J connectivity index is 2.41. The molecule has 0 saturated carbocycles. The van der Waals surface area contributed by atoms with Crippen molar-refractivity contribution in [2.24, 2.45) is 4.99 Å². The predicted molar refractivity (Wildman–Crippen MR) is 61.5 cm³/mol. The van der Waals surface area contributed by atoms with Crippen LogP contribution in [0.25, 0.3) is 6.08 Å². The summed E-state index contributed by atoms with van der Waals surface area (Å²) in [5.41, 5.74) is 0.801. The number of hydrogen-bond acceptors (Lipinski definition) is 5. The Kier molecular flexibility index (Phi) is 2.82. The van der Waals surface area contributed by atoms with E-state index in [-0.39, 0.29) is 17.0 Å². The summed E-state index contributed by atoms with van der Waals surface area (Å²) in [6.07, 6.45) is 3.06. The fourth-order valence-corrected chi connectivity index (χ4v) is 1.54. The van der Waals surface area contributed by atoms with Gasteiger partial charge in [-0.15, -0.1) is 0 Å². The maximum Gasteiger partial charge on any atom is 0.343 e. The highest BCUT2D eigenvalue weighted by Gasteiger charge is 2.27. The van der Waals surface area contributed by atoms with E-state index in [9.17, 15) is 9.90 Å². The molecule has 0 radical (unpaired) electrons. The quantitative estimate of drug-likeness (QED) is 0.794. The van der Waals surface area contributed by atoms with E-state index in [1.54, 1.807) is 25.1 Å². The van der Waals surface area contributed by atoms with Gasteiger partial charge < -0.3 is 14.3 Å². The Labute approximate surface area is 97.7 Å². The molecule has 2 rings (SSSR count). The number of ether oxygens (including phenoxy) is 1. The maximum atomic E-state index is 11.4. The van der Waals surface area contributed by atoms with Gasteiger partial charge in [-0.3, -0.25) is 0 Å². The Morgan fingerprint density at radius 3 is 2.94 bits per heavy atom. The first-order valence-electron chi connectivity index (χ1n) is 4.96. The molecule has 0 unspecified atom stereocenters. The molecule has 17 heavy (non-hydrogen) atoms. The Bertz CT molecular complexity index is 535. The summed E-state index contributed by atoms with van der Waals surface area (Å²) in [5.74, 6) is -0.244. The lowest BCUT2D eigenvalue weighted by Crippen LogP contribution is -2.11. The predicted octanol–water partition coefficient (Wildman–Crippen LogP) is 2.08. The molecule has 0 spiro atoms. The molecule has 0 aliphatic carbocycles. The van der Waals surface area contributed by atoms with E-state index in [0.29, 0.717) is 11.5 Å². The fourth-order valence-electron chi connectivity index (χ4n) is 1.54. The zero-order chi connectivity index (χ0) is 12.4. The monoisotopic (exact) mass is 233 g/mol. The summed E-state index contributed by atoms with van der Waals surface area (Å²) in [6, 6.07) is 3.45. The van der Waals surface area contributed by atoms with Crippen molar-refractivity contribution in [3.05, 3.63) is 41.2 Å². The highest BCUT2D eigenvalue weighted by atomic mass is 16.5. The third kappa shape index (κ3) is 1.99. The van der Waals surface area contributed by atoms with Crippen LogP contribution >= 0.6 is 0 Å². The van der Waals surface area contributed by atoms with Crippen molar-refractivity contribution < 1.29 is 19.1 Å². The van der Waals surface area contributed by atoms with Gasteiger partial charge in [-0.25, -0.2) is 9.79 Å². The van der Waals surface area contributed by atoms with Crippen molar-refractivity contribution in [3.63, 3.8) is 0 Å². The average Bonchev–Trinajstić information content (AvgIpc) is 2.89. The van der Waals surface area contributed by atoms with Gasteiger partial charge in [-0.05, 0) is 19.1 Å². The first kappa shape index (κ1) is 11.2. The summed E-state index contributed by atoms with van der Waals surface area (Å²) < 4.78 is 9.68. The summed E-state index contributed by atoms with van der Waals surface area (Å²) in [7, 11) is 1.25. The maximum absolute atomic E-state index is 11.4. The molecule has 1 aliphatic heterocycles. The van der Waals surface area contributed by atoms with Crippen molar-refractivity contribution >= 4 is 17.8 Å². The van der Waals surface area contributed by atoms with Crippen LogP contribution in [0.4, 0.5) is 0 Å². The normalized spacial score (nSPS) is 17.5. The molecule has 88 valence electrons. The molecule has 1 aromatic rings. The number of esters is 1. The molecule has 1 aromatic heterocycles. The second kappa shape index (κ2) is 4.29. The van der Waals surface area contributed by atoms with Gasteiger partial charge >= 0.3 is 5.97 Å². The number of methoxy groups -OCH3 is 1. The van der Waals surface area contributed by atoms with Crippen LogP contribution in [0.5, 0.6) is 0 Å². The van der Waals surface area contributed by atoms with Crippen LogP contribution in [-0.2, 0) is 9.53 Å². The number of hydrogen-bond donors (Lipinski definition) is 1. The number of rotatable bonds is 2. The van der Waals surface area contributed by atoms with Crippen LogP contribution in [0, 0.1) is 0 Å². The molecule has 5 nitrogen and oxygen atoms in total. The largest absolute Gasteiger partial charge is 0.505 e. The molecular formula is C12H11NO4. The van der Waals surface area contributed by atoms with Crippen molar-refractivity contribution in [1.29, 1.82) is 0 Å². The molecule has 0 bridgehead atoms. The Morgan fingerprint density at radius 2 is 2.35 bits per heavy atom. The standard InChI is InChI=1S/C12H11NO4/c1-7-10(12(15)16-2)11(14)9(13-7)6-8-4-3-5-17-8/h3-6,14H,1-2H3. The van der Waals surface area contributed by atoms with Gasteiger partial charge in [-0.1, -0.05) is 0 Å². The van der Waals surface area contributed by atoms with Crippen molar-refractivity contribution in [2.75, 3.05) is 7.11 Å². The van der Waals surface area contributed by atoms with Gasteiger partial charge in [-0.2, -0.15) is 0 Å². The number of aliphatic imine (C=N–C) groups is 1. The van der Waals surface area contributed by atoms with E-state index in [1.165, 1.54) is 13.4 Å². The second-order valence-corrected chi connectivity index (χ2v) is 3.46. The van der Waals surface area contributed by atoms with Gasteiger partial charge in [0, 0.05) is 6.08 Å². The molecule has 1 N–H and O–H groups in total. The summed E-state index contributed by atoms with van der Waals surface area (Å²) >= 11 is 0. The second-order valence-electron chi connectivity index (χ2n) is 3.46. The minimum Gasteiger partial charge on any atom is -0.505 e. The zero-order valence-electron chi connectivity index (χ0n) is 9.43. The number of carbonyl (C=O) groups is 1. The van der Waals surface area contributed by atoms with E-state index in [1.807, 2.05) is 0 Å². The average molecular weight is 233 g/mol. The third-order valence-corrected chi connectivity index (χ3v) is 2.34. The lowest BCUT2D eigenvalue weighted by atomic mass is 10.1. The van der Waals surface area contributed by atoms with E-state index in [0.717, 1.165) is 0 Å². The van der Waals surface area contributed by atoms with E-state index in [2.05, 4.69) is 9.73 Å². The van der Waals surface area contributed by atoms with Crippen LogP contribution < -0.4 is 0 Å². The van der Waals surface area contributed by atoms with Gasteiger partial charge in [0.15, 0.2) is 5.76 Å². The highest BCUT2D eigenvalue weighted by Crippen LogP contribution is 2.26. The highest BCUT2D eigenvalue weighted by molar-refractivity contribution is 6.21. The smallest absolute Gasteiger partial charge is 0.343 e. The van der Waals surface area contributed by atoms with Crippen molar-refractivity contribution in [2.45, 2.75) is 6.92 Å². The van der Waals surface area contributed by atoms with Crippen LogP contribution in [0.3, 0.4) is 0 Å². The van der Waals surface area contributed by atoms with Crippen LogP contribution in [0.2, 0.25) is 0 Å². The molecule has 0 amide bonds. The molecule has 2 heterocycles. The molecule has 5 heteroatoms. The first-order chi connectivity index (χ1) is 8.13. The van der Waals surface area contributed by atoms with E-state index < -0.39 is 5.97 Å².